The highest BCUT2D eigenvalue weighted by molar-refractivity contribution is 5.81. The van der Waals surface area contributed by atoms with Crippen molar-refractivity contribution in [1.82, 2.24) is 19.8 Å². The third-order valence-corrected chi connectivity index (χ3v) is 5.97. The minimum Gasteiger partial charge on any atom is -0.354 e. The maximum absolute atomic E-state index is 12.5. The van der Waals surface area contributed by atoms with Gasteiger partial charge in [-0.2, -0.15) is 0 Å². The highest BCUT2D eigenvalue weighted by Crippen LogP contribution is 2.37. The van der Waals surface area contributed by atoms with E-state index in [4.69, 9.17) is 0 Å². The minimum atomic E-state index is -0.0837. The van der Waals surface area contributed by atoms with E-state index >= 15 is 0 Å². The first kappa shape index (κ1) is 16.8. The molecule has 5 heteroatoms. The molecule has 1 fully saturated rings. The molecule has 0 unspecified atom stereocenters. The zero-order valence-electron chi connectivity index (χ0n) is 15.3. The molecule has 0 saturated heterocycles. The van der Waals surface area contributed by atoms with E-state index < -0.39 is 0 Å². The average Bonchev–Trinajstić information content (AvgIpc) is 3.40. The van der Waals surface area contributed by atoms with Crippen LogP contribution in [0.5, 0.6) is 0 Å². The van der Waals surface area contributed by atoms with Gasteiger partial charge in [0.2, 0.25) is 5.91 Å². The van der Waals surface area contributed by atoms with E-state index in [1.165, 1.54) is 55.5 Å². The molecule has 1 amide bonds. The zero-order chi connectivity index (χ0) is 17.2. The third-order valence-electron chi connectivity index (χ3n) is 5.97. The van der Waals surface area contributed by atoms with Gasteiger partial charge in [0.25, 0.3) is 0 Å². The van der Waals surface area contributed by atoms with E-state index in [0.717, 1.165) is 32.5 Å². The van der Waals surface area contributed by atoms with Crippen LogP contribution in [0.2, 0.25) is 0 Å². The van der Waals surface area contributed by atoms with Gasteiger partial charge in [0, 0.05) is 37.8 Å². The van der Waals surface area contributed by atoms with E-state index in [1.54, 1.807) is 0 Å². The van der Waals surface area contributed by atoms with Gasteiger partial charge in [-0.05, 0) is 51.9 Å². The molecule has 1 N–H and O–H groups in total. The van der Waals surface area contributed by atoms with Crippen LogP contribution in [0.15, 0.2) is 18.0 Å². The number of hydrogen-bond donors (Lipinski definition) is 1. The van der Waals surface area contributed by atoms with Gasteiger partial charge in [0.15, 0.2) is 0 Å². The lowest BCUT2D eigenvalue weighted by atomic mass is 9.97. The second-order valence-corrected chi connectivity index (χ2v) is 7.82. The van der Waals surface area contributed by atoms with Crippen LogP contribution in [-0.2, 0) is 17.8 Å². The first-order valence-electron chi connectivity index (χ1n) is 9.96. The maximum Gasteiger partial charge on any atom is 0.237 e. The fourth-order valence-electron chi connectivity index (χ4n) is 4.14. The van der Waals surface area contributed by atoms with Crippen LogP contribution in [0.4, 0.5) is 0 Å². The van der Waals surface area contributed by atoms with Crippen LogP contribution < -0.4 is 5.32 Å². The fourth-order valence-corrected chi connectivity index (χ4v) is 4.14. The number of carbonyl (C=O) groups is 1. The standard InChI is InChI=1S/C20H30N4O/c1-15(20(25)21-11-9-16-5-3-2-4-6-16)23-12-10-19-18(13-23)22-14-24(19)17-7-8-17/h5,14-15,17H,2-4,6-13H2,1H3,(H,21,25)/t15-/m1/s1. The summed E-state index contributed by atoms with van der Waals surface area (Å²) in [6, 6.07) is 0.608. The number of fused-ring (bicyclic) bond motifs is 1. The van der Waals surface area contributed by atoms with Crippen molar-refractivity contribution < 1.29 is 4.79 Å². The molecule has 1 saturated carbocycles. The molecule has 4 rings (SSSR count). The summed E-state index contributed by atoms with van der Waals surface area (Å²) in [6.45, 7) is 4.54. The van der Waals surface area contributed by atoms with Crippen molar-refractivity contribution in [2.45, 2.75) is 76.9 Å². The predicted octanol–water partition coefficient (Wildman–Crippen LogP) is 2.97. The van der Waals surface area contributed by atoms with Crippen LogP contribution in [0.1, 0.15) is 69.3 Å². The number of rotatable bonds is 6. The molecular weight excluding hydrogens is 312 g/mol. The minimum absolute atomic E-state index is 0.0837. The van der Waals surface area contributed by atoms with Crippen molar-refractivity contribution in [1.29, 1.82) is 0 Å². The van der Waals surface area contributed by atoms with Crippen LogP contribution in [0.3, 0.4) is 0 Å². The summed E-state index contributed by atoms with van der Waals surface area (Å²) in [5.41, 5.74) is 4.09. The Morgan fingerprint density at radius 2 is 2.24 bits per heavy atom. The van der Waals surface area contributed by atoms with E-state index in [0.29, 0.717) is 6.04 Å². The molecule has 0 aromatic carbocycles. The van der Waals surface area contributed by atoms with E-state index in [9.17, 15) is 4.79 Å². The number of aromatic nitrogens is 2. The van der Waals surface area contributed by atoms with E-state index in [1.807, 2.05) is 13.3 Å². The molecule has 136 valence electrons. The van der Waals surface area contributed by atoms with Crippen molar-refractivity contribution in [3.05, 3.63) is 29.4 Å². The van der Waals surface area contributed by atoms with Gasteiger partial charge in [-0.15, -0.1) is 0 Å². The smallest absolute Gasteiger partial charge is 0.237 e. The molecular formula is C20H30N4O. The van der Waals surface area contributed by atoms with Gasteiger partial charge in [-0.1, -0.05) is 11.6 Å². The molecule has 1 aromatic rings. The summed E-state index contributed by atoms with van der Waals surface area (Å²) < 4.78 is 2.37. The van der Waals surface area contributed by atoms with Gasteiger partial charge in [-0.3, -0.25) is 9.69 Å². The number of imidazole rings is 1. The molecule has 0 bridgehead atoms. The lowest BCUT2D eigenvalue weighted by Gasteiger charge is -2.31. The Kier molecular flexibility index (Phi) is 4.93. The molecule has 2 heterocycles. The number of allylic oxidation sites excluding steroid dienone is 1. The summed E-state index contributed by atoms with van der Waals surface area (Å²) in [5.74, 6) is 0.154. The number of amides is 1. The Morgan fingerprint density at radius 3 is 3.00 bits per heavy atom. The molecule has 1 aromatic heterocycles. The summed E-state index contributed by atoms with van der Waals surface area (Å²) >= 11 is 0. The molecule has 5 nitrogen and oxygen atoms in total. The number of nitrogens with zero attached hydrogens (tertiary/aromatic N) is 3. The molecule has 2 aliphatic carbocycles. The Labute approximate surface area is 150 Å². The quantitative estimate of drug-likeness (QED) is 0.809. The second kappa shape index (κ2) is 7.32. The summed E-state index contributed by atoms with van der Waals surface area (Å²) in [4.78, 5) is 19.4. The van der Waals surface area contributed by atoms with Gasteiger partial charge in [0.05, 0.1) is 18.1 Å². The lowest BCUT2D eigenvalue weighted by Crippen LogP contribution is -2.47. The molecule has 0 spiro atoms. The van der Waals surface area contributed by atoms with Crippen LogP contribution in [0.25, 0.3) is 0 Å². The third kappa shape index (κ3) is 3.81. The number of hydrogen-bond acceptors (Lipinski definition) is 3. The lowest BCUT2D eigenvalue weighted by molar-refractivity contribution is -0.126. The van der Waals surface area contributed by atoms with Gasteiger partial charge in [0.1, 0.15) is 0 Å². The molecule has 1 aliphatic heterocycles. The summed E-state index contributed by atoms with van der Waals surface area (Å²) in [7, 11) is 0. The van der Waals surface area contributed by atoms with Gasteiger partial charge < -0.3 is 9.88 Å². The molecule has 25 heavy (non-hydrogen) atoms. The maximum atomic E-state index is 12.5. The van der Waals surface area contributed by atoms with E-state index in [-0.39, 0.29) is 11.9 Å². The molecule has 0 radical (unpaired) electrons. The SMILES string of the molecule is C[C@H](C(=O)NCCC1=CCCCC1)N1CCc2c(ncn2C2CC2)C1. The Morgan fingerprint density at radius 1 is 1.36 bits per heavy atom. The van der Waals surface area contributed by atoms with Crippen molar-refractivity contribution in [3.63, 3.8) is 0 Å². The van der Waals surface area contributed by atoms with Crippen LogP contribution >= 0.6 is 0 Å². The second-order valence-electron chi connectivity index (χ2n) is 7.82. The van der Waals surface area contributed by atoms with Gasteiger partial charge >= 0.3 is 0 Å². The number of nitrogens with one attached hydrogen (secondary N) is 1. The largest absolute Gasteiger partial charge is 0.354 e. The van der Waals surface area contributed by atoms with Crippen LogP contribution in [0, 0.1) is 0 Å². The Hall–Kier alpha value is -1.62. The van der Waals surface area contributed by atoms with E-state index in [2.05, 4.69) is 25.8 Å². The average molecular weight is 342 g/mol. The summed E-state index contributed by atoms with van der Waals surface area (Å²) in [5, 5.41) is 3.14. The monoisotopic (exact) mass is 342 g/mol. The fraction of sp³-hybridized carbons (Fsp3) is 0.700. The molecule has 1 atom stereocenters. The van der Waals surface area contributed by atoms with Crippen LogP contribution in [-0.4, -0.2) is 39.5 Å². The van der Waals surface area contributed by atoms with Crippen molar-refractivity contribution in [2.75, 3.05) is 13.1 Å². The predicted molar refractivity (Wildman–Crippen MR) is 98.3 cm³/mol. The topological polar surface area (TPSA) is 50.2 Å². The first-order valence-corrected chi connectivity index (χ1v) is 9.96. The number of carbonyl (C=O) groups excluding carboxylic acids is 1. The highest BCUT2D eigenvalue weighted by Gasteiger charge is 2.31. The Bertz CT molecular complexity index is 659. The highest BCUT2D eigenvalue weighted by atomic mass is 16.2. The van der Waals surface area contributed by atoms with Crippen molar-refractivity contribution >= 4 is 5.91 Å². The van der Waals surface area contributed by atoms with Gasteiger partial charge in [-0.25, -0.2) is 4.98 Å². The first-order chi connectivity index (χ1) is 12.2. The van der Waals surface area contributed by atoms with Crippen molar-refractivity contribution in [2.24, 2.45) is 0 Å². The zero-order valence-corrected chi connectivity index (χ0v) is 15.3. The van der Waals surface area contributed by atoms with Crippen molar-refractivity contribution in [3.8, 4) is 0 Å². The summed E-state index contributed by atoms with van der Waals surface area (Å²) in [6.07, 6.45) is 14.0. The molecule has 3 aliphatic rings. The normalized spacial score (nSPS) is 22.2. The Balaban J connectivity index is 1.27.